The largest absolute Gasteiger partial charge is 0.382 e. The predicted molar refractivity (Wildman–Crippen MR) is 52.6 cm³/mol. The van der Waals surface area contributed by atoms with Crippen LogP contribution in [0.5, 0.6) is 0 Å². The number of hydrogen-bond acceptors (Lipinski definition) is 3. The molecule has 0 spiro atoms. The first-order valence-electron chi connectivity index (χ1n) is 4.23. The molecule has 0 aliphatic rings. The smallest absolute Gasteiger partial charge is 0.253 e. The number of benzene rings is 1. The van der Waals surface area contributed by atoms with E-state index < -0.39 is 5.95 Å². The minimum atomic E-state index is -0.848. The van der Waals surface area contributed by atoms with E-state index in [-0.39, 0.29) is 11.4 Å². The van der Waals surface area contributed by atoms with Crippen LogP contribution in [-0.2, 0) is 0 Å². The molecule has 0 saturated heterocycles. The van der Waals surface area contributed by atoms with Crippen molar-refractivity contribution in [3.63, 3.8) is 0 Å². The Bertz CT molecular complexity index is 524. The van der Waals surface area contributed by atoms with Crippen LogP contribution >= 0.6 is 0 Å². The van der Waals surface area contributed by atoms with Crippen LogP contribution in [0.1, 0.15) is 5.56 Å². The summed E-state index contributed by atoms with van der Waals surface area (Å²) in [7, 11) is 0. The van der Waals surface area contributed by atoms with Gasteiger partial charge in [-0.1, -0.05) is 18.2 Å². The molecular formula is C10H7FN4. The van der Waals surface area contributed by atoms with Gasteiger partial charge in [-0.25, -0.2) is 4.68 Å². The lowest BCUT2D eigenvalue weighted by Gasteiger charge is -2.01. The molecule has 5 heteroatoms. The topological polar surface area (TPSA) is 67.6 Å². The van der Waals surface area contributed by atoms with E-state index in [0.29, 0.717) is 5.69 Å². The van der Waals surface area contributed by atoms with Crippen molar-refractivity contribution in [1.82, 2.24) is 9.78 Å². The zero-order chi connectivity index (χ0) is 10.8. The van der Waals surface area contributed by atoms with Gasteiger partial charge in [0.05, 0.1) is 5.69 Å². The molecule has 0 atom stereocenters. The van der Waals surface area contributed by atoms with Gasteiger partial charge in [0.25, 0.3) is 5.95 Å². The second kappa shape index (κ2) is 3.42. The molecule has 2 aromatic rings. The van der Waals surface area contributed by atoms with Gasteiger partial charge in [0.1, 0.15) is 11.9 Å². The maximum atomic E-state index is 13.1. The Morgan fingerprint density at radius 3 is 2.53 bits per heavy atom. The number of nitriles is 1. The summed E-state index contributed by atoms with van der Waals surface area (Å²) in [4.78, 5) is 0. The number of para-hydroxylation sites is 1. The number of nitrogens with zero attached hydrogens (tertiary/aromatic N) is 3. The van der Waals surface area contributed by atoms with E-state index >= 15 is 0 Å². The standard InChI is InChI=1S/C10H7FN4/c11-9-8(6-12)10(13)15(14-9)7-4-2-1-3-5-7/h1-5H,13H2. The van der Waals surface area contributed by atoms with Crippen LogP contribution in [0.2, 0.25) is 0 Å². The zero-order valence-electron chi connectivity index (χ0n) is 7.68. The predicted octanol–water partition coefficient (Wildman–Crippen LogP) is 1.47. The van der Waals surface area contributed by atoms with Crippen LogP contribution in [0, 0.1) is 17.3 Å². The summed E-state index contributed by atoms with van der Waals surface area (Å²) in [5, 5.41) is 12.2. The van der Waals surface area contributed by atoms with Crippen LogP contribution in [0.3, 0.4) is 0 Å². The molecule has 0 saturated carbocycles. The van der Waals surface area contributed by atoms with Crippen LogP contribution in [0.25, 0.3) is 5.69 Å². The van der Waals surface area contributed by atoms with Crippen LogP contribution < -0.4 is 5.73 Å². The third-order valence-corrected chi connectivity index (χ3v) is 1.99. The molecule has 0 unspecified atom stereocenters. The number of anilines is 1. The lowest BCUT2D eigenvalue weighted by Crippen LogP contribution is -2.01. The fourth-order valence-electron chi connectivity index (χ4n) is 1.27. The Morgan fingerprint density at radius 2 is 2.00 bits per heavy atom. The number of nitrogen functional groups attached to an aromatic ring is 1. The van der Waals surface area contributed by atoms with E-state index in [4.69, 9.17) is 11.0 Å². The van der Waals surface area contributed by atoms with Gasteiger partial charge in [0.2, 0.25) is 0 Å². The van der Waals surface area contributed by atoms with Gasteiger partial charge < -0.3 is 5.73 Å². The number of rotatable bonds is 1. The summed E-state index contributed by atoms with van der Waals surface area (Å²) in [5.41, 5.74) is 5.98. The van der Waals surface area contributed by atoms with Crippen molar-refractivity contribution in [2.75, 3.05) is 5.73 Å². The van der Waals surface area contributed by atoms with Gasteiger partial charge in [0, 0.05) is 0 Å². The summed E-state index contributed by atoms with van der Waals surface area (Å²) in [6, 6.07) is 10.5. The quantitative estimate of drug-likeness (QED) is 0.761. The first kappa shape index (κ1) is 9.21. The van der Waals surface area contributed by atoms with E-state index in [9.17, 15) is 4.39 Å². The molecule has 0 amide bonds. The molecule has 2 N–H and O–H groups in total. The maximum absolute atomic E-state index is 13.1. The first-order valence-corrected chi connectivity index (χ1v) is 4.23. The van der Waals surface area contributed by atoms with Gasteiger partial charge in [0.15, 0.2) is 5.56 Å². The molecule has 2 rings (SSSR count). The van der Waals surface area contributed by atoms with Gasteiger partial charge in [-0.2, -0.15) is 9.65 Å². The first-order chi connectivity index (χ1) is 7.24. The van der Waals surface area contributed by atoms with E-state index in [0.717, 1.165) is 0 Å². The molecule has 15 heavy (non-hydrogen) atoms. The van der Waals surface area contributed by atoms with Gasteiger partial charge in [-0.3, -0.25) is 0 Å². The molecule has 0 aliphatic heterocycles. The van der Waals surface area contributed by atoms with Crippen molar-refractivity contribution < 1.29 is 4.39 Å². The van der Waals surface area contributed by atoms with Crippen LogP contribution in [0.4, 0.5) is 10.2 Å². The third kappa shape index (κ3) is 1.42. The second-order valence-electron chi connectivity index (χ2n) is 2.91. The number of hydrogen-bond donors (Lipinski definition) is 1. The maximum Gasteiger partial charge on any atom is 0.253 e. The van der Waals surface area contributed by atoms with Crippen molar-refractivity contribution in [2.24, 2.45) is 0 Å². The molecule has 1 heterocycles. The lowest BCUT2D eigenvalue weighted by molar-refractivity contribution is 0.564. The molecule has 0 fully saturated rings. The molecule has 1 aromatic heterocycles. The van der Waals surface area contributed by atoms with Gasteiger partial charge in [-0.15, -0.1) is 5.10 Å². The summed E-state index contributed by atoms with van der Waals surface area (Å²) in [6.45, 7) is 0. The number of halogens is 1. The summed E-state index contributed by atoms with van der Waals surface area (Å²) in [6.07, 6.45) is 0. The zero-order valence-corrected chi connectivity index (χ0v) is 7.68. The third-order valence-electron chi connectivity index (χ3n) is 1.99. The average molecular weight is 202 g/mol. The summed E-state index contributed by atoms with van der Waals surface area (Å²) in [5.74, 6) is -0.833. The average Bonchev–Trinajstić information content (AvgIpc) is 2.55. The minimum Gasteiger partial charge on any atom is -0.382 e. The van der Waals surface area contributed by atoms with Gasteiger partial charge >= 0.3 is 0 Å². The van der Waals surface area contributed by atoms with Crippen molar-refractivity contribution in [3.8, 4) is 11.8 Å². The normalized spacial score (nSPS) is 9.87. The highest BCUT2D eigenvalue weighted by atomic mass is 19.1. The van der Waals surface area contributed by atoms with E-state index in [1.807, 2.05) is 6.07 Å². The Morgan fingerprint density at radius 1 is 1.33 bits per heavy atom. The van der Waals surface area contributed by atoms with Crippen LogP contribution in [0.15, 0.2) is 30.3 Å². The van der Waals surface area contributed by atoms with Crippen molar-refractivity contribution in [3.05, 3.63) is 41.8 Å². The van der Waals surface area contributed by atoms with E-state index in [1.54, 1.807) is 30.3 Å². The molecule has 0 bridgehead atoms. The summed E-state index contributed by atoms with van der Waals surface area (Å²) < 4.78 is 14.3. The SMILES string of the molecule is N#Cc1c(F)nn(-c2ccccc2)c1N. The fraction of sp³-hybridized carbons (Fsp3) is 0. The van der Waals surface area contributed by atoms with Gasteiger partial charge in [-0.05, 0) is 12.1 Å². The Hall–Kier alpha value is -2.35. The fourth-order valence-corrected chi connectivity index (χ4v) is 1.27. The molecular weight excluding hydrogens is 195 g/mol. The second-order valence-corrected chi connectivity index (χ2v) is 2.91. The highest BCUT2D eigenvalue weighted by Crippen LogP contribution is 2.18. The van der Waals surface area contributed by atoms with E-state index in [1.165, 1.54) is 4.68 Å². The Labute approximate surface area is 85.4 Å². The van der Waals surface area contributed by atoms with Crippen molar-refractivity contribution in [1.29, 1.82) is 5.26 Å². The van der Waals surface area contributed by atoms with E-state index in [2.05, 4.69) is 5.10 Å². The number of nitrogens with two attached hydrogens (primary N) is 1. The van der Waals surface area contributed by atoms with Crippen molar-refractivity contribution >= 4 is 5.82 Å². The lowest BCUT2D eigenvalue weighted by atomic mass is 10.3. The summed E-state index contributed by atoms with van der Waals surface area (Å²) >= 11 is 0. The van der Waals surface area contributed by atoms with Crippen molar-refractivity contribution in [2.45, 2.75) is 0 Å². The Balaban J connectivity index is 2.62. The number of aromatic nitrogens is 2. The molecule has 0 radical (unpaired) electrons. The molecule has 1 aromatic carbocycles. The molecule has 4 nitrogen and oxygen atoms in total. The molecule has 74 valence electrons. The minimum absolute atomic E-state index is 0.0150. The monoisotopic (exact) mass is 202 g/mol. The highest BCUT2D eigenvalue weighted by molar-refractivity contribution is 5.53. The molecule has 0 aliphatic carbocycles. The Kier molecular flexibility index (Phi) is 2.10. The highest BCUT2D eigenvalue weighted by Gasteiger charge is 2.15. The van der Waals surface area contributed by atoms with Crippen LogP contribution in [-0.4, -0.2) is 9.78 Å².